The fourth-order valence-electron chi connectivity index (χ4n) is 2.46. The maximum absolute atomic E-state index is 14.1. The van der Waals surface area contributed by atoms with Crippen molar-refractivity contribution in [1.82, 2.24) is 0 Å². The lowest BCUT2D eigenvalue weighted by Gasteiger charge is -2.25. The molecule has 2 rings (SSSR count). The Morgan fingerprint density at radius 1 is 0.905 bits per heavy atom. The highest BCUT2D eigenvalue weighted by molar-refractivity contribution is 5.40. The first kappa shape index (κ1) is 15.6. The van der Waals surface area contributed by atoms with Crippen LogP contribution in [0, 0.1) is 18.6 Å². The number of aryl methyl sites for hydroxylation is 1. The summed E-state index contributed by atoms with van der Waals surface area (Å²) in [5, 5.41) is 10.5. The molecule has 112 valence electrons. The van der Waals surface area contributed by atoms with Crippen molar-refractivity contribution >= 4 is 0 Å². The number of hydrogen-bond acceptors (Lipinski definition) is 1. The first-order valence-electron chi connectivity index (χ1n) is 6.95. The van der Waals surface area contributed by atoms with Crippen LogP contribution in [0.25, 0.3) is 0 Å². The van der Waals surface area contributed by atoms with E-state index >= 15 is 0 Å². The van der Waals surface area contributed by atoms with Gasteiger partial charge in [-0.25, -0.2) is 8.78 Å². The van der Waals surface area contributed by atoms with Gasteiger partial charge in [-0.15, -0.1) is 0 Å². The van der Waals surface area contributed by atoms with E-state index in [1.807, 2.05) is 32.9 Å². The van der Waals surface area contributed by atoms with Crippen molar-refractivity contribution in [2.24, 2.45) is 0 Å². The summed E-state index contributed by atoms with van der Waals surface area (Å²) in [6.07, 6.45) is -1.18. The number of aliphatic hydroxyl groups is 1. The number of hydrogen-bond donors (Lipinski definition) is 1. The van der Waals surface area contributed by atoms with Crippen molar-refractivity contribution in [1.29, 1.82) is 0 Å². The van der Waals surface area contributed by atoms with Crippen LogP contribution in [-0.4, -0.2) is 5.11 Å². The van der Waals surface area contributed by atoms with Crippen molar-refractivity contribution in [3.63, 3.8) is 0 Å². The van der Waals surface area contributed by atoms with E-state index < -0.39 is 17.7 Å². The van der Waals surface area contributed by atoms with E-state index in [4.69, 9.17) is 0 Å². The molecule has 21 heavy (non-hydrogen) atoms. The third-order valence-electron chi connectivity index (χ3n) is 3.66. The molecule has 0 spiro atoms. The van der Waals surface area contributed by atoms with Gasteiger partial charge in [-0.3, -0.25) is 0 Å². The van der Waals surface area contributed by atoms with Crippen LogP contribution in [0.3, 0.4) is 0 Å². The van der Waals surface area contributed by atoms with E-state index in [0.717, 1.165) is 5.56 Å². The predicted molar refractivity (Wildman–Crippen MR) is 80.3 cm³/mol. The molecule has 0 heterocycles. The largest absolute Gasteiger partial charge is 0.384 e. The molecule has 1 unspecified atom stereocenters. The molecule has 0 saturated heterocycles. The van der Waals surface area contributed by atoms with E-state index in [1.54, 1.807) is 12.1 Å². The molecule has 0 aliphatic carbocycles. The fraction of sp³-hybridized carbons (Fsp3) is 0.333. The third kappa shape index (κ3) is 2.98. The topological polar surface area (TPSA) is 20.2 Å². The van der Waals surface area contributed by atoms with Gasteiger partial charge < -0.3 is 5.11 Å². The van der Waals surface area contributed by atoms with Gasteiger partial charge in [-0.1, -0.05) is 57.2 Å². The zero-order valence-corrected chi connectivity index (χ0v) is 12.7. The van der Waals surface area contributed by atoms with Gasteiger partial charge in [0.25, 0.3) is 0 Å². The molecule has 0 amide bonds. The maximum atomic E-state index is 14.1. The fourth-order valence-corrected chi connectivity index (χ4v) is 2.46. The Bertz CT molecular complexity index is 657. The second kappa shape index (κ2) is 5.57. The number of halogens is 2. The minimum Gasteiger partial charge on any atom is -0.384 e. The summed E-state index contributed by atoms with van der Waals surface area (Å²) < 4.78 is 27.8. The van der Waals surface area contributed by atoms with Gasteiger partial charge in [0.2, 0.25) is 0 Å². The molecule has 1 nitrogen and oxygen atoms in total. The lowest BCUT2D eigenvalue weighted by atomic mass is 9.81. The predicted octanol–water partition coefficient (Wildman–Crippen LogP) is 4.65. The maximum Gasteiger partial charge on any atom is 0.165 e. The summed E-state index contributed by atoms with van der Waals surface area (Å²) >= 11 is 0. The highest BCUT2D eigenvalue weighted by Gasteiger charge is 2.25. The average molecular weight is 290 g/mol. The first-order chi connectivity index (χ1) is 9.73. The van der Waals surface area contributed by atoms with E-state index in [-0.39, 0.29) is 16.5 Å². The highest BCUT2D eigenvalue weighted by Crippen LogP contribution is 2.34. The number of rotatable bonds is 2. The second-order valence-electron chi connectivity index (χ2n) is 6.34. The van der Waals surface area contributed by atoms with Crippen LogP contribution < -0.4 is 0 Å². The molecule has 0 fully saturated rings. The van der Waals surface area contributed by atoms with Crippen LogP contribution in [0.15, 0.2) is 36.4 Å². The zero-order chi connectivity index (χ0) is 15.8. The molecule has 0 aliphatic heterocycles. The molecule has 0 bridgehead atoms. The zero-order valence-electron chi connectivity index (χ0n) is 12.7. The molecule has 3 heteroatoms. The van der Waals surface area contributed by atoms with Crippen molar-refractivity contribution < 1.29 is 13.9 Å². The van der Waals surface area contributed by atoms with Crippen LogP contribution in [0.4, 0.5) is 8.78 Å². The van der Waals surface area contributed by atoms with Gasteiger partial charge >= 0.3 is 0 Å². The summed E-state index contributed by atoms with van der Waals surface area (Å²) in [7, 11) is 0. The third-order valence-corrected chi connectivity index (χ3v) is 3.66. The van der Waals surface area contributed by atoms with E-state index in [1.165, 1.54) is 19.1 Å². The Hall–Kier alpha value is -1.74. The normalized spacial score (nSPS) is 13.3. The Morgan fingerprint density at radius 3 is 2.14 bits per heavy atom. The Kier molecular flexibility index (Phi) is 4.15. The highest BCUT2D eigenvalue weighted by atomic mass is 19.2. The standard InChI is InChI=1S/C18H20F2O/c1-11-9-10-13(16(20)15(11)19)17(21)12-7-5-6-8-14(12)18(2,3)4/h5-10,17,21H,1-4H3. The minimum atomic E-state index is -1.18. The number of benzene rings is 2. The van der Waals surface area contributed by atoms with E-state index in [2.05, 4.69) is 0 Å². The van der Waals surface area contributed by atoms with Gasteiger partial charge in [0.05, 0.1) is 0 Å². The van der Waals surface area contributed by atoms with Crippen molar-refractivity contribution in [3.05, 3.63) is 70.3 Å². The Morgan fingerprint density at radius 2 is 1.52 bits per heavy atom. The molecule has 2 aromatic rings. The van der Waals surface area contributed by atoms with Crippen molar-refractivity contribution in [2.75, 3.05) is 0 Å². The van der Waals surface area contributed by atoms with Gasteiger partial charge in [-0.2, -0.15) is 0 Å². The monoisotopic (exact) mass is 290 g/mol. The lowest BCUT2D eigenvalue weighted by molar-refractivity contribution is 0.210. The summed E-state index contributed by atoms with van der Waals surface area (Å²) in [5.74, 6) is -1.88. The molecule has 0 radical (unpaired) electrons. The molecule has 2 aromatic carbocycles. The van der Waals surface area contributed by atoms with E-state index in [0.29, 0.717) is 5.56 Å². The van der Waals surface area contributed by atoms with Crippen molar-refractivity contribution in [2.45, 2.75) is 39.2 Å². The summed E-state index contributed by atoms with van der Waals surface area (Å²) in [6, 6.07) is 10.2. The Labute approximate surface area is 124 Å². The summed E-state index contributed by atoms with van der Waals surface area (Å²) in [5.41, 5.74) is 1.52. The quantitative estimate of drug-likeness (QED) is 0.853. The van der Waals surface area contributed by atoms with Crippen LogP contribution >= 0.6 is 0 Å². The first-order valence-corrected chi connectivity index (χ1v) is 6.95. The molecule has 1 atom stereocenters. The van der Waals surface area contributed by atoms with Crippen LogP contribution in [0.1, 0.15) is 49.1 Å². The molecule has 0 aliphatic rings. The van der Waals surface area contributed by atoms with Gasteiger partial charge in [0.1, 0.15) is 6.10 Å². The molecule has 1 N–H and O–H groups in total. The van der Waals surface area contributed by atoms with Gasteiger partial charge in [0.15, 0.2) is 11.6 Å². The molecular weight excluding hydrogens is 270 g/mol. The smallest absolute Gasteiger partial charge is 0.165 e. The SMILES string of the molecule is Cc1ccc(C(O)c2ccccc2C(C)(C)C)c(F)c1F. The molecular formula is C18H20F2O. The summed E-state index contributed by atoms with van der Waals surface area (Å²) in [6.45, 7) is 7.55. The van der Waals surface area contributed by atoms with Gasteiger partial charge in [0, 0.05) is 5.56 Å². The molecule has 0 saturated carbocycles. The lowest BCUT2D eigenvalue weighted by Crippen LogP contribution is -2.17. The van der Waals surface area contributed by atoms with E-state index in [9.17, 15) is 13.9 Å². The van der Waals surface area contributed by atoms with Crippen LogP contribution in [0.5, 0.6) is 0 Å². The summed E-state index contributed by atoms with van der Waals surface area (Å²) in [4.78, 5) is 0. The Balaban J connectivity index is 2.56. The molecule has 0 aromatic heterocycles. The minimum absolute atomic E-state index is 0.0326. The number of aliphatic hydroxyl groups excluding tert-OH is 1. The average Bonchev–Trinajstić information content (AvgIpc) is 2.43. The van der Waals surface area contributed by atoms with Crippen LogP contribution in [0.2, 0.25) is 0 Å². The van der Waals surface area contributed by atoms with Crippen molar-refractivity contribution in [3.8, 4) is 0 Å². The van der Waals surface area contributed by atoms with Gasteiger partial charge in [-0.05, 0) is 29.0 Å². The van der Waals surface area contributed by atoms with Crippen LogP contribution in [-0.2, 0) is 5.41 Å². The second-order valence-corrected chi connectivity index (χ2v) is 6.34.